The SMILES string of the molecule is CO[Si](C)(C)CCc1cccc(C(F)(F)F)c1. The predicted molar refractivity (Wildman–Crippen MR) is 64.4 cm³/mol. The number of benzene rings is 1. The molecule has 0 amide bonds. The third kappa shape index (κ3) is 4.51. The van der Waals surface area contributed by atoms with E-state index in [-0.39, 0.29) is 0 Å². The number of alkyl halides is 3. The second-order valence-electron chi connectivity index (χ2n) is 4.66. The maximum absolute atomic E-state index is 12.5. The summed E-state index contributed by atoms with van der Waals surface area (Å²) < 4.78 is 42.9. The van der Waals surface area contributed by atoms with Gasteiger partial charge in [-0.2, -0.15) is 13.2 Å². The molecule has 1 nitrogen and oxygen atoms in total. The third-order valence-electron chi connectivity index (χ3n) is 2.82. The van der Waals surface area contributed by atoms with Gasteiger partial charge in [-0.3, -0.25) is 0 Å². The first kappa shape index (κ1) is 14.2. The number of halogens is 3. The molecule has 5 heteroatoms. The van der Waals surface area contributed by atoms with Gasteiger partial charge in [-0.15, -0.1) is 0 Å². The quantitative estimate of drug-likeness (QED) is 0.742. The highest BCUT2D eigenvalue weighted by atomic mass is 28.4. The van der Waals surface area contributed by atoms with Gasteiger partial charge in [-0.05, 0) is 37.2 Å². The first-order chi connectivity index (χ1) is 7.74. The molecule has 1 rings (SSSR count). The Morgan fingerprint density at radius 3 is 2.41 bits per heavy atom. The van der Waals surface area contributed by atoms with E-state index in [4.69, 9.17) is 4.43 Å². The predicted octanol–water partition coefficient (Wildman–Crippen LogP) is 4.10. The summed E-state index contributed by atoms with van der Waals surface area (Å²) in [7, 11) is -0.0396. The van der Waals surface area contributed by atoms with E-state index < -0.39 is 20.1 Å². The van der Waals surface area contributed by atoms with Gasteiger partial charge < -0.3 is 4.43 Å². The van der Waals surface area contributed by atoms with Gasteiger partial charge in [0.2, 0.25) is 0 Å². The molecule has 0 saturated carbocycles. The third-order valence-corrected chi connectivity index (χ3v) is 5.38. The minimum absolute atomic E-state index is 0.577. The number of aryl methyl sites for hydroxylation is 1. The molecule has 0 saturated heterocycles. The highest BCUT2D eigenvalue weighted by Crippen LogP contribution is 2.30. The largest absolute Gasteiger partial charge is 0.420 e. The van der Waals surface area contributed by atoms with E-state index in [2.05, 4.69) is 13.1 Å². The lowest BCUT2D eigenvalue weighted by Gasteiger charge is -2.19. The van der Waals surface area contributed by atoms with E-state index in [9.17, 15) is 13.2 Å². The molecule has 0 atom stereocenters. The zero-order chi connectivity index (χ0) is 13.1. The minimum Gasteiger partial charge on any atom is -0.420 e. The monoisotopic (exact) mass is 262 g/mol. The molecule has 96 valence electrons. The Bertz CT molecular complexity index is 374. The molecular formula is C12H17F3OSi. The summed E-state index contributed by atoms with van der Waals surface area (Å²) in [6.45, 7) is 4.11. The van der Waals surface area contributed by atoms with Crippen LogP contribution in [0.15, 0.2) is 24.3 Å². The van der Waals surface area contributed by atoms with E-state index >= 15 is 0 Å². The lowest BCUT2D eigenvalue weighted by Crippen LogP contribution is -2.28. The summed E-state index contributed by atoms with van der Waals surface area (Å²) in [5, 5.41) is 0. The highest BCUT2D eigenvalue weighted by Gasteiger charge is 2.30. The first-order valence-electron chi connectivity index (χ1n) is 5.46. The fourth-order valence-corrected chi connectivity index (χ4v) is 2.55. The lowest BCUT2D eigenvalue weighted by molar-refractivity contribution is -0.137. The van der Waals surface area contributed by atoms with Gasteiger partial charge in [-0.25, -0.2) is 0 Å². The van der Waals surface area contributed by atoms with Crippen molar-refractivity contribution in [1.82, 2.24) is 0 Å². The smallest absolute Gasteiger partial charge is 0.416 e. The molecule has 0 aromatic heterocycles. The zero-order valence-electron chi connectivity index (χ0n) is 10.3. The average Bonchev–Trinajstić information content (AvgIpc) is 2.26. The molecular weight excluding hydrogens is 245 g/mol. The molecule has 0 aliphatic heterocycles. The Kier molecular flexibility index (Phi) is 4.38. The second-order valence-corrected chi connectivity index (χ2v) is 9.09. The molecule has 1 aromatic rings. The van der Waals surface area contributed by atoms with Crippen LogP contribution < -0.4 is 0 Å². The van der Waals surface area contributed by atoms with Crippen molar-refractivity contribution in [2.75, 3.05) is 7.11 Å². The van der Waals surface area contributed by atoms with Crippen LogP contribution in [0.25, 0.3) is 0 Å². The van der Waals surface area contributed by atoms with Crippen LogP contribution in [-0.4, -0.2) is 15.4 Å². The van der Waals surface area contributed by atoms with E-state index in [1.165, 1.54) is 12.1 Å². The molecule has 0 unspecified atom stereocenters. The van der Waals surface area contributed by atoms with Crippen LogP contribution in [0.5, 0.6) is 0 Å². The van der Waals surface area contributed by atoms with Crippen molar-refractivity contribution >= 4 is 8.32 Å². The summed E-state index contributed by atoms with van der Waals surface area (Å²) in [5.74, 6) is 0. The summed E-state index contributed by atoms with van der Waals surface area (Å²) in [5.41, 5.74) is 0.143. The molecule has 0 heterocycles. The van der Waals surface area contributed by atoms with Crippen LogP contribution in [0.3, 0.4) is 0 Å². The molecule has 0 bridgehead atoms. The molecule has 17 heavy (non-hydrogen) atoms. The number of hydrogen-bond acceptors (Lipinski definition) is 1. The van der Waals surface area contributed by atoms with Gasteiger partial charge in [-0.1, -0.05) is 18.2 Å². The van der Waals surface area contributed by atoms with Gasteiger partial charge in [0.25, 0.3) is 0 Å². The maximum atomic E-state index is 12.5. The van der Waals surface area contributed by atoms with Gasteiger partial charge in [0.1, 0.15) is 0 Å². The fraction of sp³-hybridized carbons (Fsp3) is 0.500. The normalized spacial score (nSPS) is 12.8. The Morgan fingerprint density at radius 2 is 1.88 bits per heavy atom. The average molecular weight is 262 g/mol. The number of hydrogen-bond donors (Lipinski definition) is 0. The van der Waals surface area contributed by atoms with Crippen LogP contribution in [-0.2, 0) is 17.0 Å². The summed E-state index contributed by atoms with van der Waals surface area (Å²) in [6, 6.07) is 6.34. The van der Waals surface area contributed by atoms with E-state index in [0.717, 1.165) is 17.7 Å². The zero-order valence-corrected chi connectivity index (χ0v) is 11.3. The van der Waals surface area contributed by atoms with Crippen LogP contribution in [0.2, 0.25) is 19.1 Å². The standard InChI is InChI=1S/C12H17F3OSi/c1-16-17(2,3)8-7-10-5-4-6-11(9-10)12(13,14)15/h4-6,9H,7-8H2,1-3H3. The Labute approximate surface area is 101 Å². The molecule has 0 radical (unpaired) electrons. The van der Waals surface area contributed by atoms with Crippen molar-refractivity contribution in [3.8, 4) is 0 Å². The molecule has 0 N–H and O–H groups in total. The van der Waals surface area contributed by atoms with Crippen molar-refractivity contribution in [1.29, 1.82) is 0 Å². The topological polar surface area (TPSA) is 9.23 Å². The van der Waals surface area contributed by atoms with Crippen LogP contribution in [0.4, 0.5) is 13.2 Å². The Balaban J connectivity index is 2.74. The minimum atomic E-state index is -4.26. The fourth-order valence-electron chi connectivity index (χ4n) is 1.45. The van der Waals surface area contributed by atoms with Crippen molar-refractivity contribution < 1.29 is 17.6 Å². The molecule has 0 aliphatic rings. The summed E-state index contributed by atoms with van der Waals surface area (Å²) in [4.78, 5) is 0. The van der Waals surface area contributed by atoms with Gasteiger partial charge in [0.05, 0.1) is 5.56 Å². The van der Waals surface area contributed by atoms with Crippen molar-refractivity contribution in [2.24, 2.45) is 0 Å². The van der Waals surface area contributed by atoms with Gasteiger partial charge in [0.15, 0.2) is 8.32 Å². The van der Waals surface area contributed by atoms with Gasteiger partial charge in [0, 0.05) is 7.11 Å². The Hall–Kier alpha value is -0.813. The molecule has 1 aromatic carbocycles. The highest BCUT2D eigenvalue weighted by molar-refractivity contribution is 6.71. The first-order valence-corrected chi connectivity index (χ1v) is 8.57. The Morgan fingerprint density at radius 1 is 1.24 bits per heavy atom. The number of rotatable bonds is 4. The van der Waals surface area contributed by atoms with E-state index in [1.54, 1.807) is 13.2 Å². The van der Waals surface area contributed by atoms with Crippen molar-refractivity contribution in [3.63, 3.8) is 0 Å². The van der Waals surface area contributed by atoms with E-state index in [0.29, 0.717) is 6.42 Å². The summed E-state index contributed by atoms with van der Waals surface area (Å²) >= 11 is 0. The maximum Gasteiger partial charge on any atom is 0.416 e. The molecule has 0 fully saturated rings. The van der Waals surface area contributed by atoms with Crippen molar-refractivity contribution in [3.05, 3.63) is 35.4 Å². The van der Waals surface area contributed by atoms with Crippen LogP contribution in [0.1, 0.15) is 11.1 Å². The van der Waals surface area contributed by atoms with Crippen LogP contribution in [0, 0.1) is 0 Å². The van der Waals surface area contributed by atoms with Gasteiger partial charge >= 0.3 is 6.18 Å². The van der Waals surface area contributed by atoms with E-state index in [1.807, 2.05) is 0 Å². The van der Waals surface area contributed by atoms with Crippen molar-refractivity contribution in [2.45, 2.75) is 31.7 Å². The lowest BCUT2D eigenvalue weighted by atomic mass is 10.1. The molecule has 0 spiro atoms. The second kappa shape index (κ2) is 5.22. The van der Waals surface area contributed by atoms with Crippen LogP contribution >= 0.6 is 0 Å². The summed E-state index contributed by atoms with van der Waals surface area (Å²) in [6.07, 6.45) is -3.62. The molecule has 0 aliphatic carbocycles.